The van der Waals surface area contributed by atoms with Crippen LogP contribution in [0.2, 0.25) is 0 Å². The summed E-state index contributed by atoms with van der Waals surface area (Å²) in [6, 6.07) is 0. The Labute approximate surface area is 36.8 Å². The number of aliphatic hydroxyl groups excluding tert-OH is 1. The summed E-state index contributed by atoms with van der Waals surface area (Å²) < 4.78 is 0. The molecule has 0 aromatic rings. The summed E-state index contributed by atoms with van der Waals surface area (Å²) >= 11 is 0. The molecule has 0 aromatic heterocycles. The topological polar surface area (TPSA) is 43.7 Å². The molecular weight excluding hydrogens is 82.0 g/mol. The summed E-state index contributed by atoms with van der Waals surface area (Å²) in [5.41, 5.74) is 0. The molecule has 0 aliphatic heterocycles. The molecule has 3 nitrogen and oxygen atoms in total. The fourth-order valence-corrected chi connectivity index (χ4v) is 0. The molecule has 0 heterocycles. The van der Waals surface area contributed by atoms with Crippen molar-refractivity contribution < 1.29 is 10.2 Å². The smallest absolute Gasteiger partial charge is 0.213 e. The molecule has 0 fully saturated rings. The number of hydrogen-bond donors (Lipinski definition) is 2. The van der Waals surface area contributed by atoms with E-state index in [4.69, 9.17) is 10.2 Å². The SMILES string of the molecule is CN(C)C(O)O. The van der Waals surface area contributed by atoms with Gasteiger partial charge in [0.05, 0.1) is 0 Å². The van der Waals surface area contributed by atoms with E-state index in [1.165, 1.54) is 4.90 Å². The van der Waals surface area contributed by atoms with Gasteiger partial charge in [0.25, 0.3) is 0 Å². The van der Waals surface area contributed by atoms with Crippen LogP contribution in [0.3, 0.4) is 0 Å². The lowest BCUT2D eigenvalue weighted by Crippen LogP contribution is -2.26. The van der Waals surface area contributed by atoms with Crippen molar-refractivity contribution in [3.05, 3.63) is 0 Å². The highest BCUT2D eigenvalue weighted by Crippen LogP contribution is 1.75. The Bertz CT molecular complexity index is 29.8. The summed E-state index contributed by atoms with van der Waals surface area (Å²) in [6.45, 7) is 0. The molecule has 0 saturated carbocycles. The van der Waals surface area contributed by atoms with Crippen molar-refractivity contribution in [2.24, 2.45) is 0 Å². The van der Waals surface area contributed by atoms with E-state index in [-0.39, 0.29) is 0 Å². The Hall–Kier alpha value is -0.120. The Morgan fingerprint density at radius 3 is 1.50 bits per heavy atom. The molecule has 0 aliphatic rings. The largest absolute Gasteiger partial charge is 0.356 e. The molecule has 0 atom stereocenters. The molecule has 0 spiro atoms. The Morgan fingerprint density at radius 1 is 1.33 bits per heavy atom. The number of nitrogens with zero attached hydrogens (tertiary/aromatic N) is 1. The molecule has 0 aromatic carbocycles. The Balaban J connectivity index is 2.99. The van der Waals surface area contributed by atoms with Crippen LogP contribution in [0, 0.1) is 0 Å². The maximum absolute atomic E-state index is 8.11. The number of rotatable bonds is 1. The first kappa shape index (κ1) is 5.88. The lowest BCUT2D eigenvalue weighted by molar-refractivity contribution is -0.134. The van der Waals surface area contributed by atoms with Gasteiger partial charge in [-0.15, -0.1) is 0 Å². The third kappa shape index (κ3) is 2.14. The Morgan fingerprint density at radius 2 is 1.50 bits per heavy atom. The molecule has 0 radical (unpaired) electrons. The van der Waals surface area contributed by atoms with Crippen LogP contribution in [0.15, 0.2) is 0 Å². The third-order valence-electron chi connectivity index (χ3n) is 0.462. The predicted octanol–water partition coefficient (Wildman–Crippen LogP) is -1.18. The van der Waals surface area contributed by atoms with Crippen LogP contribution in [-0.2, 0) is 0 Å². The van der Waals surface area contributed by atoms with Gasteiger partial charge in [-0.2, -0.15) is 0 Å². The first-order valence-electron chi connectivity index (χ1n) is 1.67. The summed E-state index contributed by atoms with van der Waals surface area (Å²) in [7, 11) is 3.15. The second kappa shape index (κ2) is 2.12. The second-order valence-corrected chi connectivity index (χ2v) is 1.31. The van der Waals surface area contributed by atoms with Gasteiger partial charge in [-0.05, 0) is 14.1 Å². The zero-order valence-corrected chi connectivity index (χ0v) is 3.92. The van der Waals surface area contributed by atoms with Crippen molar-refractivity contribution >= 4 is 0 Å². The normalized spacial score (nSPS) is 11.0. The predicted molar refractivity (Wildman–Crippen MR) is 21.9 cm³/mol. The van der Waals surface area contributed by atoms with Crippen molar-refractivity contribution in [3.63, 3.8) is 0 Å². The molecule has 0 saturated heterocycles. The van der Waals surface area contributed by atoms with Crippen LogP contribution < -0.4 is 0 Å². The van der Waals surface area contributed by atoms with Crippen LogP contribution in [0.4, 0.5) is 0 Å². The van der Waals surface area contributed by atoms with E-state index in [9.17, 15) is 0 Å². The quantitative estimate of drug-likeness (QED) is 0.399. The molecule has 0 aliphatic carbocycles. The zero-order valence-electron chi connectivity index (χ0n) is 3.92. The molecule has 0 rings (SSSR count). The molecular formula is C3H9NO2. The first-order valence-corrected chi connectivity index (χ1v) is 1.67. The van der Waals surface area contributed by atoms with Crippen LogP contribution in [0.1, 0.15) is 0 Å². The van der Waals surface area contributed by atoms with Gasteiger partial charge in [0.1, 0.15) is 0 Å². The van der Waals surface area contributed by atoms with Crippen LogP contribution >= 0.6 is 0 Å². The maximum atomic E-state index is 8.11. The highest BCUT2D eigenvalue weighted by atomic mass is 16.5. The highest BCUT2D eigenvalue weighted by molar-refractivity contribution is 4.25. The van der Waals surface area contributed by atoms with Gasteiger partial charge in [0.2, 0.25) is 6.41 Å². The van der Waals surface area contributed by atoms with E-state index in [0.29, 0.717) is 0 Å². The van der Waals surface area contributed by atoms with Crippen LogP contribution in [0.5, 0.6) is 0 Å². The van der Waals surface area contributed by atoms with E-state index < -0.39 is 6.41 Å². The average molecular weight is 91.1 g/mol. The van der Waals surface area contributed by atoms with Gasteiger partial charge < -0.3 is 10.2 Å². The standard InChI is InChI=1S/C3H9NO2/c1-4(2)3(5)6/h3,5-6H,1-2H3. The molecule has 2 N–H and O–H groups in total. The van der Waals surface area contributed by atoms with Gasteiger partial charge in [0.15, 0.2) is 0 Å². The van der Waals surface area contributed by atoms with Crippen molar-refractivity contribution in [2.45, 2.75) is 6.41 Å². The summed E-state index contributed by atoms with van der Waals surface area (Å²) in [5, 5.41) is 16.2. The lowest BCUT2D eigenvalue weighted by atomic mass is 10.9. The minimum Gasteiger partial charge on any atom is -0.356 e. The van der Waals surface area contributed by atoms with Gasteiger partial charge in [-0.1, -0.05) is 0 Å². The fourth-order valence-electron chi connectivity index (χ4n) is 0. The Kier molecular flexibility index (Phi) is 2.08. The van der Waals surface area contributed by atoms with Crippen LogP contribution in [-0.4, -0.2) is 35.6 Å². The molecule has 6 heavy (non-hydrogen) atoms. The average Bonchev–Trinajstić information content (AvgIpc) is 1.36. The molecule has 0 bridgehead atoms. The maximum Gasteiger partial charge on any atom is 0.213 e. The number of hydrogen-bond acceptors (Lipinski definition) is 3. The minimum atomic E-state index is -1.31. The first-order chi connectivity index (χ1) is 2.64. The van der Waals surface area contributed by atoms with E-state index >= 15 is 0 Å². The zero-order chi connectivity index (χ0) is 5.15. The van der Waals surface area contributed by atoms with Crippen molar-refractivity contribution in [1.82, 2.24) is 4.90 Å². The van der Waals surface area contributed by atoms with E-state index in [0.717, 1.165) is 0 Å². The van der Waals surface area contributed by atoms with Gasteiger partial charge in [0, 0.05) is 0 Å². The fraction of sp³-hybridized carbons (Fsp3) is 1.00. The van der Waals surface area contributed by atoms with E-state index in [1.807, 2.05) is 0 Å². The van der Waals surface area contributed by atoms with Gasteiger partial charge >= 0.3 is 0 Å². The second-order valence-electron chi connectivity index (χ2n) is 1.31. The highest BCUT2D eigenvalue weighted by Gasteiger charge is 1.94. The summed E-state index contributed by atoms with van der Waals surface area (Å²) in [5.74, 6) is 0. The van der Waals surface area contributed by atoms with Gasteiger partial charge in [-0.3, -0.25) is 4.90 Å². The third-order valence-corrected chi connectivity index (χ3v) is 0.462. The van der Waals surface area contributed by atoms with Crippen LogP contribution in [0.25, 0.3) is 0 Å². The minimum absolute atomic E-state index is 1.28. The van der Waals surface area contributed by atoms with E-state index in [2.05, 4.69) is 0 Å². The molecule has 38 valence electrons. The number of aliphatic hydroxyl groups is 2. The monoisotopic (exact) mass is 91.1 g/mol. The van der Waals surface area contributed by atoms with Gasteiger partial charge in [-0.25, -0.2) is 0 Å². The molecule has 0 unspecified atom stereocenters. The van der Waals surface area contributed by atoms with E-state index in [1.54, 1.807) is 14.1 Å². The molecule has 3 heteroatoms. The molecule has 0 amide bonds. The van der Waals surface area contributed by atoms with Crippen molar-refractivity contribution in [2.75, 3.05) is 14.1 Å². The lowest BCUT2D eigenvalue weighted by Gasteiger charge is -2.09. The van der Waals surface area contributed by atoms with Crippen molar-refractivity contribution in [3.8, 4) is 0 Å². The summed E-state index contributed by atoms with van der Waals surface area (Å²) in [4.78, 5) is 1.28. The summed E-state index contributed by atoms with van der Waals surface area (Å²) in [6.07, 6.45) is -1.31. The van der Waals surface area contributed by atoms with Crippen molar-refractivity contribution in [1.29, 1.82) is 0 Å².